The molecule has 0 amide bonds. The first-order chi connectivity index (χ1) is 14.5. The van der Waals surface area contributed by atoms with E-state index in [9.17, 15) is 0 Å². The molecule has 3 rings (SSSR count). The van der Waals surface area contributed by atoms with Crippen molar-refractivity contribution in [2.24, 2.45) is 10.9 Å². The van der Waals surface area contributed by atoms with Crippen molar-refractivity contribution in [3.8, 4) is 5.75 Å². The van der Waals surface area contributed by atoms with Crippen molar-refractivity contribution < 1.29 is 9.47 Å². The molecular weight excluding hydrogens is 505 g/mol. The second kappa shape index (κ2) is 12.9. The molecule has 0 bridgehead atoms. The molecule has 2 N–H and O–H groups in total. The van der Waals surface area contributed by atoms with Gasteiger partial charge < -0.3 is 24.7 Å². The number of hydrogen-bond acceptors (Lipinski definition) is 4. The van der Waals surface area contributed by atoms with Crippen LogP contribution in [0.25, 0.3) is 0 Å². The summed E-state index contributed by atoms with van der Waals surface area (Å²) in [5.41, 5.74) is 2.28. The van der Waals surface area contributed by atoms with Crippen LogP contribution in [0.4, 0.5) is 0 Å². The number of guanidine groups is 1. The highest BCUT2D eigenvalue weighted by atomic mass is 127. The van der Waals surface area contributed by atoms with Gasteiger partial charge in [-0.1, -0.05) is 26.0 Å². The second-order valence-corrected chi connectivity index (χ2v) is 8.23. The highest BCUT2D eigenvalue weighted by Gasteiger charge is 2.17. The summed E-state index contributed by atoms with van der Waals surface area (Å²) in [6.07, 6.45) is 6.27. The third-order valence-corrected chi connectivity index (χ3v) is 5.12. The molecule has 0 spiro atoms. The quantitative estimate of drug-likeness (QED) is 0.287. The molecule has 1 unspecified atom stereocenters. The number of nitrogens with zero attached hydrogens (tertiary/aromatic N) is 3. The topological polar surface area (TPSA) is 72.7 Å². The summed E-state index contributed by atoms with van der Waals surface area (Å²) in [7, 11) is 1.78. The second-order valence-electron chi connectivity index (χ2n) is 8.23. The average Bonchev–Trinajstić information content (AvgIpc) is 3.39. The van der Waals surface area contributed by atoms with E-state index in [1.807, 2.05) is 12.4 Å². The predicted molar refractivity (Wildman–Crippen MR) is 135 cm³/mol. The fourth-order valence-corrected chi connectivity index (χ4v) is 3.53. The first kappa shape index (κ1) is 25.5. The molecule has 1 fully saturated rings. The number of imidazole rings is 1. The maximum Gasteiger partial charge on any atom is 0.191 e. The van der Waals surface area contributed by atoms with E-state index in [0.29, 0.717) is 25.6 Å². The first-order valence-electron chi connectivity index (χ1n) is 10.8. The van der Waals surface area contributed by atoms with Crippen LogP contribution in [0.2, 0.25) is 0 Å². The lowest BCUT2D eigenvalue weighted by atomic mass is 10.1. The smallest absolute Gasteiger partial charge is 0.191 e. The van der Waals surface area contributed by atoms with Gasteiger partial charge in [0.1, 0.15) is 18.2 Å². The molecule has 1 aliphatic rings. The Morgan fingerprint density at radius 2 is 2.13 bits per heavy atom. The minimum absolute atomic E-state index is 0. The zero-order valence-electron chi connectivity index (χ0n) is 19.1. The number of rotatable bonds is 9. The van der Waals surface area contributed by atoms with Crippen molar-refractivity contribution in [2.45, 2.75) is 59.4 Å². The SMILES string of the molecule is CN=C(NCc1ccc(C)cc1OCC1CCCO1)NCc1nccn1CC(C)C.I. The summed E-state index contributed by atoms with van der Waals surface area (Å²) in [6, 6.07) is 6.30. The molecule has 1 saturated heterocycles. The van der Waals surface area contributed by atoms with Crippen LogP contribution in [0.3, 0.4) is 0 Å². The van der Waals surface area contributed by atoms with Crippen LogP contribution in [0.15, 0.2) is 35.6 Å². The molecule has 0 aliphatic carbocycles. The molecule has 1 atom stereocenters. The van der Waals surface area contributed by atoms with E-state index in [1.54, 1.807) is 7.05 Å². The fourth-order valence-electron chi connectivity index (χ4n) is 3.53. The Morgan fingerprint density at radius 3 is 2.84 bits per heavy atom. The van der Waals surface area contributed by atoms with Gasteiger partial charge in [-0.05, 0) is 37.3 Å². The first-order valence-corrected chi connectivity index (χ1v) is 10.8. The number of aryl methyl sites for hydroxylation is 1. The van der Waals surface area contributed by atoms with E-state index < -0.39 is 0 Å². The summed E-state index contributed by atoms with van der Waals surface area (Å²) >= 11 is 0. The standard InChI is InChI=1S/C23H35N5O2.HI/c1-17(2)15-28-10-9-25-22(28)14-27-23(24-4)26-13-19-8-7-18(3)12-21(19)30-16-20-6-5-11-29-20;/h7-10,12,17,20H,5-6,11,13-16H2,1-4H3,(H2,24,26,27);1H. The lowest BCUT2D eigenvalue weighted by Gasteiger charge is -2.17. The molecule has 1 aliphatic heterocycles. The molecule has 172 valence electrons. The zero-order chi connectivity index (χ0) is 21.3. The fraction of sp³-hybridized carbons (Fsp3) is 0.565. The molecule has 7 nitrogen and oxygen atoms in total. The maximum absolute atomic E-state index is 6.10. The number of nitrogens with one attached hydrogen (secondary N) is 2. The lowest BCUT2D eigenvalue weighted by molar-refractivity contribution is 0.0676. The van der Waals surface area contributed by atoms with Gasteiger partial charge in [0.2, 0.25) is 0 Å². The summed E-state index contributed by atoms with van der Waals surface area (Å²) in [5.74, 6) is 3.22. The Balaban J connectivity index is 0.00000341. The highest BCUT2D eigenvalue weighted by Crippen LogP contribution is 2.22. The largest absolute Gasteiger partial charge is 0.491 e. The van der Waals surface area contributed by atoms with E-state index in [0.717, 1.165) is 49.1 Å². The van der Waals surface area contributed by atoms with Crippen molar-refractivity contribution in [2.75, 3.05) is 20.3 Å². The summed E-state index contributed by atoms with van der Waals surface area (Å²) < 4.78 is 14.0. The molecular formula is C23H36IN5O2. The van der Waals surface area contributed by atoms with Crippen molar-refractivity contribution in [3.63, 3.8) is 0 Å². The normalized spacial score (nSPS) is 16.3. The predicted octanol–water partition coefficient (Wildman–Crippen LogP) is 3.89. The van der Waals surface area contributed by atoms with Gasteiger partial charge in [-0.15, -0.1) is 24.0 Å². The van der Waals surface area contributed by atoms with Crippen LogP contribution in [0.1, 0.15) is 43.6 Å². The third-order valence-electron chi connectivity index (χ3n) is 5.12. The Bertz CT molecular complexity index is 831. The van der Waals surface area contributed by atoms with Gasteiger partial charge in [-0.25, -0.2) is 4.98 Å². The van der Waals surface area contributed by atoms with Crippen LogP contribution < -0.4 is 15.4 Å². The van der Waals surface area contributed by atoms with Gasteiger partial charge in [-0.2, -0.15) is 0 Å². The molecule has 0 radical (unpaired) electrons. The summed E-state index contributed by atoms with van der Waals surface area (Å²) in [4.78, 5) is 8.81. The van der Waals surface area contributed by atoms with E-state index in [1.165, 1.54) is 5.56 Å². The summed E-state index contributed by atoms with van der Waals surface area (Å²) in [6.45, 7) is 10.1. The Hall–Kier alpha value is -1.81. The molecule has 31 heavy (non-hydrogen) atoms. The minimum Gasteiger partial charge on any atom is -0.491 e. The number of hydrogen-bond donors (Lipinski definition) is 2. The number of halogens is 1. The van der Waals surface area contributed by atoms with Gasteiger partial charge in [0.15, 0.2) is 5.96 Å². The van der Waals surface area contributed by atoms with E-state index >= 15 is 0 Å². The monoisotopic (exact) mass is 541 g/mol. The van der Waals surface area contributed by atoms with E-state index in [4.69, 9.17) is 9.47 Å². The number of ether oxygens (including phenoxy) is 2. The lowest BCUT2D eigenvalue weighted by Crippen LogP contribution is -2.37. The highest BCUT2D eigenvalue weighted by molar-refractivity contribution is 14.0. The molecule has 1 aromatic heterocycles. The average molecular weight is 541 g/mol. The molecule has 1 aromatic carbocycles. The van der Waals surface area contributed by atoms with Gasteiger partial charge in [0, 0.05) is 44.7 Å². The van der Waals surface area contributed by atoms with Gasteiger partial charge in [0.25, 0.3) is 0 Å². The third kappa shape index (κ3) is 7.99. The van der Waals surface area contributed by atoms with Crippen molar-refractivity contribution in [1.29, 1.82) is 0 Å². The molecule has 8 heteroatoms. The van der Waals surface area contributed by atoms with E-state index in [2.05, 4.69) is 64.1 Å². The summed E-state index contributed by atoms with van der Waals surface area (Å²) in [5, 5.41) is 6.74. The minimum atomic E-state index is 0. The Kier molecular flexibility index (Phi) is 10.6. The van der Waals surface area contributed by atoms with Gasteiger partial charge >= 0.3 is 0 Å². The van der Waals surface area contributed by atoms with Gasteiger partial charge in [-0.3, -0.25) is 4.99 Å². The Morgan fingerprint density at radius 1 is 1.32 bits per heavy atom. The van der Waals surface area contributed by atoms with Crippen LogP contribution in [0.5, 0.6) is 5.75 Å². The van der Waals surface area contributed by atoms with Crippen LogP contribution in [-0.4, -0.2) is 41.9 Å². The van der Waals surface area contributed by atoms with Crippen molar-refractivity contribution >= 4 is 29.9 Å². The van der Waals surface area contributed by atoms with Crippen molar-refractivity contribution in [3.05, 3.63) is 47.5 Å². The Labute approximate surface area is 203 Å². The maximum atomic E-state index is 6.10. The van der Waals surface area contributed by atoms with Crippen LogP contribution in [-0.2, 0) is 24.4 Å². The molecule has 2 aromatic rings. The number of aromatic nitrogens is 2. The molecule has 0 saturated carbocycles. The van der Waals surface area contributed by atoms with Crippen LogP contribution >= 0.6 is 24.0 Å². The number of aliphatic imine (C=N–C) groups is 1. The molecule has 2 heterocycles. The zero-order valence-corrected chi connectivity index (χ0v) is 21.4. The van der Waals surface area contributed by atoms with Crippen molar-refractivity contribution in [1.82, 2.24) is 20.2 Å². The van der Waals surface area contributed by atoms with Crippen LogP contribution in [0, 0.1) is 12.8 Å². The van der Waals surface area contributed by atoms with E-state index in [-0.39, 0.29) is 30.1 Å². The van der Waals surface area contributed by atoms with Gasteiger partial charge in [0.05, 0.1) is 12.6 Å². The number of benzene rings is 1.